The molecule has 7 nitrogen and oxygen atoms in total. The number of nitrogens with zero attached hydrogens (tertiary/aromatic N) is 3. The molecule has 1 aliphatic rings. The van der Waals surface area contributed by atoms with Crippen LogP contribution in [0.25, 0.3) is 21.5 Å². The highest BCUT2D eigenvalue weighted by atomic mass is 32.1. The van der Waals surface area contributed by atoms with Gasteiger partial charge in [0.1, 0.15) is 5.75 Å². The lowest BCUT2D eigenvalue weighted by atomic mass is 10.1. The average molecular weight is 474 g/mol. The third-order valence-corrected chi connectivity index (χ3v) is 6.09. The normalized spacial score (nSPS) is 12.5. The molecule has 0 saturated heterocycles. The van der Waals surface area contributed by atoms with Crippen LogP contribution in [0.15, 0.2) is 67.4 Å². The molecule has 2 aromatic heterocycles. The molecular weight excluding hydrogens is 446 g/mol. The molecule has 0 bridgehead atoms. The highest BCUT2D eigenvalue weighted by Gasteiger charge is 2.23. The minimum atomic E-state index is -0.0208. The fourth-order valence-electron chi connectivity index (χ4n) is 3.23. The van der Waals surface area contributed by atoms with Gasteiger partial charge in [-0.15, -0.1) is 17.9 Å². The van der Waals surface area contributed by atoms with Gasteiger partial charge in [0.2, 0.25) is 5.95 Å². The van der Waals surface area contributed by atoms with Crippen LogP contribution in [0.5, 0.6) is 5.75 Å². The maximum atomic E-state index is 12.0. The first kappa shape index (κ1) is 23.4. The Morgan fingerprint density at radius 2 is 1.97 bits per heavy atom. The van der Waals surface area contributed by atoms with Gasteiger partial charge in [0, 0.05) is 29.8 Å². The molecule has 5 rings (SSSR count). The number of hydrogen-bond acceptors (Lipinski definition) is 7. The molecule has 0 aliphatic heterocycles. The summed E-state index contributed by atoms with van der Waals surface area (Å²) < 4.78 is 6.94. The molecule has 1 aliphatic carbocycles. The van der Waals surface area contributed by atoms with Crippen LogP contribution >= 0.6 is 11.3 Å². The monoisotopic (exact) mass is 473 g/mol. The van der Waals surface area contributed by atoms with Crippen LogP contribution < -0.4 is 15.8 Å². The molecule has 2 aromatic carbocycles. The van der Waals surface area contributed by atoms with E-state index in [2.05, 4.69) is 27.9 Å². The van der Waals surface area contributed by atoms with Crippen molar-refractivity contribution in [1.82, 2.24) is 20.3 Å². The Kier molecular flexibility index (Phi) is 7.49. The summed E-state index contributed by atoms with van der Waals surface area (Å²) in [6.45, 7) is 5.77. The Morgan fingerprint density at radius 3 is 2.68 bits per heavy atom. The summed E-state index contributed by atoms with van der Waals surface area (Å²) in [5, 5.41) is 3.99. The molecule has 34 heavy (non-hydrogen) atoms. The van der Waals surface area contributed by atoms with Gasteiger partial charge < -0.3 is 15.8 Å². The Morgan fingerprint density at radius 1 is 1.21 bits per heavy atom. The number of anilines is 1. The number of benzene rings is 2. The largest absolute Gasteiger partial charge is 0.493 e. The molecule has 4 aromatic rings. The Bertz CT molecular complexity index is 1280. The average Bonchev–Trinajstić information content (AvgIpc) is 3.55. The van der Waals surface area contributed by atoms with E-state index in [-0.39, 0.29) is 11.9 Å². The lowest BCUT2D eigenvalue weighted by molar-refractivity contribution is 0.0951. The zero-order valence-electron chi connectivity index (χ0n) is 19.0. The van der Waals surface area contributed by atoms with Gasteiger partial charge in [-0.1, -0.05) is 12.1 Å². The SMILES string of the molecule is C=CC.Nc1nccc(-c2ccc3nc(CCOc4ccc(C(=O)NC5CC5)cc4)sc3c2)n1. The number of ether oxygens (including phenoxy) is 1. The zero-order valence-corrected chi connectivity index (χ0v) is 19.8. The second kappa shape index (κ2) is 10.9. The van der Waals surface area contributed by atoms with Crippen molar-refractivity contribution in [3.8, 4) is 17.0 Å². The van der Waals surface area contributed by atoms with Gasteiger partial charge in [0.05, 0.1) is 27.5 Å². The number of nitrogen functional groups attached to an aromatic ring is 1. The molecule has 2 heterocycles. The fourth-order valence-corrected chi connectivity index (χ4v) is 4.22. The number of nitrogens with two attached hydrogens (primary N) is 1. The summed E-state index contributed by atoms with van der Waals surface area (Å²) in [6.07, 6.45) is 6.27. The van der Waals surface area contributed by atoms with E-state index >= 15 is 0 Å². The Hall–Kier alpha value is -3.78. The van der Waals surface area contributed by atoms with Gasteiger partial charge in [-0.05, 0) is 62.2 Å². The molecule has 0 radical (unpaired) electrons. The molecule has 174 valence electrons. The predicted molar refractivity (Wildman–Crippen MR) is 137 cm³/mol. The Balaban J connectivity index is 0.000000868. The quantitative estimate of drug-likeness (QED) is 0.365. The molecule has 1 saturated carbocycles. The number of carbonyl (C=O) groups excluding carboxylic acids is 1. The number of nitrogens with one attached hydrogen (secondary N) is 1. The first-order valence-corrected chi connectivity index (χ1v) is 12.0. The van der Waals surface area contributed by atoms with Crippen LogP contribution in [0, 0.1) is 0 Å². The van der Waals surface area contributed by atoms with E-state index in [9.17, 15) is 4.79 Å². The van der Waals surface area contributed by atoms with Crippen molar-refractivity contribution in [2.24, 2.45) is 0 Å². The van der Waals surface area contributed by atoms with Crippen molar-refractivity contribution in [2.75, 3.05) is 12.3 Å². The minimum absolute atomic E-state index is 0.0208. The number of amides is 1. The Labute approximate surface area is 202 Å². The third kappa shape index (κ3) is 6.17. The first-order valence-electron chi connectivity index (χ1n) is 11.1. The number of allylic oxidation sites excluding steroid dienone is 1. The summed E-state index contributed by atoms with van der Waals surface area (Å²) >= 11 is 1.64. The van der Waals surface area contributed by atoms with E-state index in [4.69, 9.17) is 15.5 Å². The fraction of sp³-hybridized carbons (Fsp3) is 0.231. The maximum absolute atomic E-state index is 12.0. The van der Waals surface area contributed by atoms with Crippen molar-refractivity contribution in [3.05, 3.63) is 78.0 Å². The lowest BCUT2D eigenvalue weighted by Crippen LogP contribution is -2.25. The highest BCUT2D eigenvalue weighted by molar-refractivity contribution is 7.18. The summed E-state index contributed by atoms with van der Waals surface area (Å²) in [4.78, 5) is 25.0. The lowest BCUT2D eigenvalue weighted by Gasteiger charge is -2.07. The van der Waals surface area contributed by atoms with Crippen LogP contribution in [-0.2, 0) is 6.42 Å². The molecule has 0 atom stereocenters. The molecule has 0 spiro atoms. The molecule has 0 unspecified atom stereocenters. The van der Waals surface area contributed by atoms with Crippen molar-refractivity contribution >= 4 is 33.4 Å². The van der Waals surface area contributed by atoms with Gasteiger partial charge >= 0.3 is 0 Å². The summed E-state index contributed by atoms with van der Waals surface area (Å²) in [5.41, 5.74) is 9.09. The first-order chi connectivity index (χ1) is 16.6. The van der Waals surface area contributed by atoms with Crippen molar-refractivity contribution < 1.29 is 9.53 Å². The highest BCUT2D eigenvalue weighted by Crippen LogP contribution is 2.28. The number of aromatic nitrogens is 3. The van der Waals surface area contributed by atoms with Gasteiger partial charge in [-0.2, -0.15) is 0 Å². The topological polar surface area (TPSA) is 103 Å². The van der Waals surface area contributed by atoms with Gasteiger partial charge in [0.15, 0.2) is 0 Å². The van der Waals surface area contributed by atoms with E-state index in [0.29, 0.717) is 24.6 Å². The smallest absolute Gasteiger partial charge is 0.251 e. The van der Waals surface area contributed by atoms with Gasteiger partial charge in [-0.25, -0.2) is 15.0 Å². The number of carbonyl (C=O) groups is 1. The zero-order chi connectivity index (χ0) is 23.9. The van der Waals surface area contributed by atoms with E-state index < -0.39 is 0 Å². The summed E-state index contributed by atoms with van der Waals surface area (Å²) in [5.74, 6) is 0.983. The molecule has 1 fully saturated rings. The summed E-state index contributed by atoms with van der Waals surface area (Å²) in [7, 11) is 0. The number of rotatable bonds is 7. The predicted octanol–water partition coefficient (Wildman–Crippen LogP) is 5.04. The van der Waals surface area contributed by atoms with Crippen LogP contribution in [0.4, 0.5) is 5.95 Å². The van der Waals surface area contributed by atoms with Crippen LogP contribution in [0.3, 0.4) is 0 Å². The molecule has 1 amide bonds. The van der Waals surface area contributed by atoms with E-state index in [1.807, 2.05) is 37.3 Å². The van der Waals surface area contributed by atoms with Gasteiger partial charge in [-0.3, -0.25) is 4.79 Å². The van der Waals surface area contributed by atoms with Crippen LogP contribution in [-0.4, -0.2) is 33.5 Å². The van der Waals surface area contributed by atoms with E-state index in [1.165, 1.54) is 0 Å². The number of hydrogen-bond donors (Lipinski definition) is 2. The van der Waals surface area contributed by atoms with Crippen LogP contribution in [0.2, 0.25) is 0 Å². The van der Waals surface area contributed by atoms with Crippen molar-refractivity contribution in [1.29, 1.82) is 0 Å². The number of thiazole rings is 1. The standard InChI is InChI=1S/C23H21N5O2S.C3H6/c24-23-25-11-9-18(28-23)15-3-8-19-20(13-15)31-21(27-19)10-12-30-17-6-1-14(2-7-17)22(29)26-16-4-5-16;1-3-2/h1-3,6-9,11,13,16H,4-5,10,12H2,(H,26,29)(H2,24,25,28);3H,1H2,2H3. The number of fused-ring (bicyclic) bond motifs is 1. The van der Waals surface area contributed by atoms with E-state index in [1.54, 1.807) is 35.7 Å². The second-order valence-electron chi connectivity index (χ2n) is 7.87. The molecular formula is C26H27N5O2S. The second-order valence-corrected chi connectivity index (χ2v) is 8.98. The van der Waals surface area contributed by atoms with Crippen LogP contribution in [0.1, 0.15) is 35.1 Å². The van der Waals surface area contributed by atoms with E-state index in [0.717, 1.165) is 45.1 Å². The maximum Gasteiger partial charge on any atom is 0.251 e. The van der Waals surface area contributed by atoms with Crippen molar-refractivity contribution in [3.63, 3.8) is 0 Å². The molecule has 8 heteroatoms. The summed E-state index contributed by atoms with van der Waals surface area (Å²) in [6, 6.07) is 15.5. The molecule has 3 N–H and O–H groups in total. The third-order valence-electron chi connectivity index (χ3n) is 5.02. The van der Waals surface area contributed by atoms with Crippen molar-refractivity contribution in [2.45, 2.75) is 32.2 Å². The van der Waals surface area contributed by atoms with Gasteiger partial charge in [0.25, 0.3) is 5.91 Å². The minimum Gasteiger partial charge on any atom is -0.493 e.